The number of anilines is 2. The van der Waals surface area contributed by atoms with Gasteiger partial charge in [-0.15, -0.1) is 0 Å². The minimum atomic E-state index is -3.15. The summed E-state index contributed by atoms with van der Waals surface area (Å²) in [4.78, 5) is 61.8. The first-order chi connectivity index (χ1) is 28.9. The zero-order valence-corrected chi connectivity index (χ0v) is 33.1. The predicted molar refractivity (Wildman–Crippen MR) is 217 cm³/mol. The van der Waals surface area contributed by atoms with Crippen molar-refractivity contribution in [2.45, 2.75) is 81.7 Å². The third-order valence-electron chi connectivity index (χ3n) is 12.5. The zero-order valence-electron chi connectivity index (χ0n) is 33.1. The molecule has 3 N–H and O–H groups in total. The van der Waals surface area contributed by atoms with E-state index in [1.807, 2.05) is 4.90 Å². The first kappa shape index (κ1) is 41.1. The Morgan fingerprint density at radius 3 is 2.38 bits per heavy atom. The lowest BCUT2D eigenvalue weighted by atomic mass is 9.84. The van der Waals surface area contributed by atoms with Crippen LogP contribution in [0.2, 0.25) is 0 Å². The van der Waals surface area contributed by atoms with Gasteiger partial charge >= 0.3 is 0 Å². The van der Waals surface area contributed by atoms with Gasteiger partial charge in [-0.3, -0.25) is 34.0 Å². The fourth-order valence-electron chi connectivity index (χ4n) is 9.19. The number of halogens is 4. The number of imide groups is 1. The van der Waals surface area contributed by atoms with Crippen LogP contribution in [0.15, 0.2) is 77.9 Å². The Bertz CT molecular complexity index is 2290. The van der Waals surface area contributed by atoms with E-state index in [0.29, 0.717) is 63.1 Å². The number of carbonyl (C=O) groups is 3. The Morgan fingerprint density at radius 2 is 1.65 bits per heavy atom. The number of alkyl halides is 2. The molecule has 2 aromatic heterocycles. The Balaban J connectivity index is 0.783. The van der Waals surface area contributed by atoms with Crippen LogP contribution in [0, 0.1) is 23.5 Å². The minimum Gasteiger partial charge on any atom is -0.374 e. The molecular weight excluding hydrogens is 781 g/mol. The highest BCUT2D eigenvalue weighted by Gasteiger charge is 2.47. The average molecular weight is 829 g/mol. The van der Waals surface area contributed by atoms with E-state index in [2.05, 4.69) is 25.9 Å². The zero-order chi connectivity index (χ0) is 42.0. The fraction of sp³-hybridized carbons (Fsp3) is 0.455. The number of likely N-dealkylation sites (tertiary alicyclic amines) is 2. The molecule has 60 heavy (non-hydrogen) atoms. The lowest BCUT2D eigenvalue weighted by molar-refractivity contribution is -0.138. The summed E-state index contributed by atoms with van der Waals surface area (Å²) in [7, 11) is 0. The molecule has 4 aromatic rings. The molecule has 16 heteroatoms. The van der Waals surface area contributed by atoms with E-state index in [1.54, 1.807) is 47.5 Å². The van der Waals surface area contributed by atoms with E-state index in [4.69, 9.17) is 0 Å². The van der Waals surface area contributed by atoms with E-state index < -0.39 is 42.0 Å². The normalized spacial score (nSPS) is 23.8. The quantitative estimate of drug-likeness (QED) is 0.127. The number of benzene rings is 2. The van der Waals surface area contributed by atoms with Gasteiger partial charge < -0.3 is 15.5 Å². The first-order valence-corrected chi connectivity index (χ1v) is 20.8. The van der Waals surface area contributed by atoms with Crippen molar-refractivity contribution < 1.29 is 31.9 Å². The van der Waals surface area contributed by atoms with Crippen LogP contribution in [0.3, 0.4) is 0 Å². The van der Waals surface area contributed by atoms with E-state index in [0.717, 1.165) is 25.1 Å². The van der Waals surface area contributed by atoms with E-state index >= 15 is 13.2 Å². The summed E-state index contributed by atoms with van der Waals surface area (Å²) in [5.74, 6) is -6.17. The largest absolute Gasteiger partial charge is 0.374 e. The maximum absolute atomic E-state index is 15.6. The van der Waals surface area contributed by atoms with Crippen LogP contribution < -0.4 is 21.5 Å². The van der Waals surface area contributed by atoms with Crippen molar-refractivity contribution >= 4 is 29.4 Å². The summed E-state index contributed by atoms with van der Waals surface area (Å²) in [5.41, 5.74) is 1.24. The molecule has 5 heterocycles. The second-order valence-corrected chi connectivity index (χ2v) is 16.5. The van der Waals surface area contributed by atoms with Crippen LogP contribution in [-0.2, 0) is 14.4 Å². The number of amides is 3. The van der Waals surface area contributed by atoms with Gasteiger partial charge in [-0.25, -0.2) is 27.5 Å². The van der Waals surface area contributed by atoms with E-state index in [1.165, 1.54) is 22.8 Å². The molecule has 1 aliphatic carbocycles. The minimum absolute atomic E-state index is 0.00690. The van der Waals surface area contributed by atoms with Gasteiger partial charge in [0.15, 0.2) is 5.82 Å². The number of pyridine rings is 1. The first-order valence-electron chi connectivity index (χ1n) is 20.8. The van der Waals surface area contributed by atoms with Gasteiger partial charge in [0.05, 0.1) is 18.7 Å². The topological polar surface area (TPSA) is 142 Å². The van der Waals surface area contributed by atoms with Gasteiger partial charge in [-0.2, -0.15) is 0 Å². The number of hydrogen-bond donors (Lipinski definition) is 3. The van der Waals surface area contributed by atoms with Crippen molar-refractivity contribution in [2.75, 3.05) is 43.4 Å². The van der Waals surface area contributed by atoms with Crippen molar-refractivity contribution in [3.63, 3.8) is 0 Å². The summed E-state index contributed by atoms with van der Waals surface area (Å²) in [5, 5.41) is 8.46. The molecule has 0 radical (unpaired) electrons. The van der Waals surface area contributed by atoms with Crippen LogP contribution in [-0.4, -0.2) is 92.8 Å². The Hall–Kier alpha value is -5.64. The molecule has 0 spiro atoms. The Labute approximate surface area is 344 Å². The average Bonchev–Trinajstić information content (AvgIpc) is 3.23. The third kappa shape index (κ3) is 9.23. The standard InChI is InChI=1S/C44H48F4N8O4/c45-35-23-31(50-37-13-14-38(57)52-41(37)59)11-12-33(35)34-17-19-54(26-44(34,47)48)25-27-15-20-55(21-16-27)42(60)28-7-9-30(10-8-28)51-43-49-24-36(46)40(53-43)29-4-3-5-32(22-29)56-18-2-1-6-39(56)58/h1-6,11-12,18,22-24,27-28,30,34,37,50H,7-10,13-17,19-21,25-26H2,(H,49,51,53)(H,52,57,59)/t28-,30-,34?,37?. The number of rotatable bonds is 10. The number of piperidine rings is 3. The summed E-state index contributed by atoms with van der Waals surface area (Å²) < 4.78 is 62.9. The molecule has 4 fully saturated rings. The molecule has 2 aromatic carbocycles. The maximum Gasteiger partial charge on any atom is 0.267 e. The molecule has 316 valence electrons. The molecular formula is C44H48F4N8O4. The maximum atomic E-state index is 15.6. The molecule has 3 aliphatic heterocycles. The van der Waals surface area contributed by atoms with E-state index in [-0.39, 0.29) is 77.4 Å². The van der Waals surface area contributed by atoms with Gasteiger partial charge in [0.2, 0.25) is 23.7 Å². The Kier molecular flexibility index (Phi) is 12.0. The van der Waals surface area contributed by atoms with Crippen molar-refractivity contribution in [1.29, 1.82) is 0 Å². The number of hydrogen-bond acceptors (Lipinski definition) is 9. The Morgan fingerprint density at radius 1 is 0.850 bits per heavy atom. The number of nitrogens with zero attached hydrogens (tertiary/aromatic N) is 5. The second kappa shape index (κ2) is 17.5. The molecule has 8 rings (SSSR count). The molecule has 0 bridgehead atoms. The monoisotopic (exact) mass is 828 g/mol. The molecule has 12 nitrogen and oxygen atoms in total. The summed E-state index contributed by atoms with van der Waals surface area (Å²) in [6.45, 7) is 1.57. The number of nitrogens with one attached hydrogen (secondary N) is 3. The molecule has 1 saturated carbocycles. The lowest BCUT2D eigenvalue weighted by Crippen LogP contribution is -2.50. The highest BCUT2D eigenvalue weighted by atomic mass is 19.3. The van der Waals surface area contributed by atoms with Crippen molar-refractivity contribution in [1.82, 2.24) is 29.7 Å². The highest BCUT2D eigenvalue weighted by molar-refractivity contribution is 6.01. The van der Waals surface area contributed by atoms with Crippen molar-refractivity contribution in [2.24, 2.45) is 11.8 Å². The predicted octanol–water partition coefficient (Wildman–Crippen LogP) is 6.12. The van der Waals surface area contributed by atoms with Crippen LogP contribution >= 0.6 is 0 Å². The summed E-state index contributed by atoms with van der Waals surface area (Å²) in [6.07, 6.45) is 7.54. The van der Waals surface area contributed by atoms with Crippen LogP contribution in [0.1, 0.15) is 69.3 Å². The molecule has 3 saturated heterocycles. The fourth-order valence-corrected chi connectivity index (χ4v) is 9.19. The summed E-state index contributed by atoms with van der Waals surface area (Å²) in [6, 6.07) is 15.1. The second-order valence-electron chi connectivity index (χ2n) is 16.5. The smallest absolute Gasteiger partial charge is 0.267 e. The molecule has 2 unspecified atom stereocenters. The number of aromatic nitrogens is 3. The lowest BCUT2D eigenvalue weighted by Gasteiger charge is -2.42. The highest BCUT2D eigenvalue weighted by Crippen LogP contribution is 2.42. The molecule has 3 amide bonds. The third-order valence-corrected chi connectivity index (χ3v) is 12.5. The van der Waals surface area contributed by atoms with Gasteiger partial charge in [-0.1, -0.05) is 24.3 Å². The number of carbonyl (C=O) groups excluding carboxylic acids is 3. The van der Waals surface area contributed by atoms with Gasteiger partial charge in [0.1, 0.15) is 17.6 Å². The van der Waals surface area contributed by atoms with Crippen molar-refractivity contribution in [3.05, 3.63) is 101 Å². The van der Waals surface area contributed by atoms with Gasteiger partial charge in [-0.05, 0) is 99.7 Å². The summed E-state index contributed by atoms with van der Waals surface area (Å²) >= 11 is 0. The van der Waals surface area contributed by atoms with Crippen LogP contribution in [0.5, 0.6) is 0 Å². The molecule has 4 aliphatic rings. The molecule has 2 atom stereocenters. The van der Waals surface area contributed by atoms with Gasteiger partial charge in [0.25, 0.3) is 11.5 Å². The SMILES string of the molecule is O=C1CCC(Nc2ccc(C3CCN(CC4CCN(C(=O)[C@H]5CC[C@H](Nc6ncc(F)c(-c7cccc(-n8ccccc8=O)c7)n6)CC5)CC4)CC3(F)F)c(F)c2)C(=O)N1. The van der Waals surface area contributed by atoms with Gasteiger partial charge in [0, 0.05) is 67.2 Å². The van der Waals surface area contributed by atoms with Crippen LogP contribution in [0.25, 0.3) is 16.9 Å². The van der Waals surface area contributed by atoms with E-state index in [9.17, 15) is 23.6 Å². The van der Waals surface area contributed by atoms with Crippen LogP contribution in [0.4, 0.5) is 29.2 Å². The van der Waals surface area contributed by atoms with Crippen molar-refractivity contribution in [3.8, 4) is 16.9 Å².